The average molecular weight is 257 g/mol. The van der Waals surface area contributed by atoms with Crippen molar-refractivity contribution in [3.05, 3.63) is 23.7 Å². The number of carbonyl (C=O) groups is 2. The van der Waals surface area contributed by atoms with Gasteiger partial charge in [-0.15, -0.1) is 11.8 Å². The van der Waals surface area contributed by atoms with E-state index >= 15 is 0 Å². The van der Waals surface area contributed by atoms with E-state index < -0.39 is 5.91 Å². The number of furan rings is 1. The normalized spacial score (nSPS) is 10.1. The van der Waals surface area contributed by atoms with E-state index in [1.807, 2.05) is 5.43 Å². The molecule has 0 aliphatic rings. The second kappa shape index (κ2) is 6.31. The molecule has 0 aliphatic heterocycles. The summed E-state index contributed by atoms with van der Waals surface area (Å²) in [5, 5.41) is 0. The van der Waals surface area contributed by atoms with E-state index in [1.54, 1.807) is 20.2 Å². The minimum Gasteiger partial charge on any atom is -0.468 e. The average Bonchev–Trinajstić information content (AvgIpc) is 2.76. The predicted octanol–water partition coefficient (Wildman–Crippen LogP) is 0.205. The Hall–Kier alpha value is -1.47. The number of nitrogen functional groups attached to an aromatic ring is 1. The van der Waals surface area contributed by atoms with Crippen LogP contribution in [-0.2, 0) is 10.5 Å². The van der Waals surface area contributed by atoms with Gasteiger partial charge in [0.1, 0.15) is 5.76 Å². The largest absolute Gasteiger partial charge is 0.468 e. The lowest BCUT2D eigenvalue weighted by atomic mass is 10.2. The Morgan fingerprint density at radius 3 is 2.82 bits per heavy atom. The van der Waals surface area contributed by atoms with Crippen LogP contribution in [0.4, 0.5) is 0 Å². The monoisotopic (exact) mass is 257 g/mol. The molecule has 17 heavy (non-hydrogen) atoms. The molecule has 1 aromatic rings. The fraction of sp³-hybridized carbons (Fsp3) is 0.400. The highest BCUT2D eigenvalue weighted by Gasteiger charge is 2.14. The smallest absolute Gasteiger partial charge is 0.268 e. The quantitative estimate of drug-likeness (QED) is 0.447. The summed E-state index contributed by atoms with van der Waals surface area (Å²) in [7, 11) is 3.40. The number of nitrogens with one attached hydrogen (secondary N) is 1. The molecule has 0 spiro atoms. The summed E-state index contributed by atoms with van der Waals surface area (Å²) in [5.74, 6) is 5.98. The summed E-state index contributed by atoms with van der Waals surface area (Å²) in [6.07, 6.45) is 1.42. The van der Waals surface area contributed by atoms with E-state index in [9.17, 15) is 9.59 Å². The lowest BCUT2D eigenvalue weighted by molar-refractivity contribution is -0.125. The van der Waals surface area contributed by atoms with E-state index in [1.165, 1.54) is 22.9 Å². The van der Waals surface area contributed by atoms with E-state index in [4.69, 9.17) is 10.3 Å². The van der Waals surface area contributed by atoms with Crippen LogP contribution in [0, 0.1) is 0 Å². The zero-order chi connectivity index (χ0) is 12.8. The highest BCUT2D eigenvalue weighted by Crippen LogP contribution is 2.17. The number of hydrogen-bond donors (Lipinski definition) is 2. The van der Waals surface area contributed by atoms with Crippen molar-refractivity contribution >= 4 is 23.6 Å². The number of amides is 2. The van der Waals surface area contributed by atoms with Crippen molar-refractivity contribution in [2.24, 2.45) is 5.84 Å². The summed E-state index contributed by atoms with van der Waals surface area (Å²) in [5.41, 5.74) is 2.44. The maximum atomic E-state index is 11.3. The first kappa shape index (κ1) is 13.6. The Morgan fingerprint density at radius 2 is 2.24 bits per heavy atom. The van der Waals surface area contributed by atoms with Gasteiger partial charge in [0, 0.05) is 14.1 Å². The minimum atomic E-state index is -0.395. The van der Waals surface area contributed by atoms with Crippen LogP contribution >= 0.6 is 11.8 Å². The molecule has 3 N–H and O–H groups in total. The van der Waals surface area contributed by atoms with E-state index in [2.05, 4.69) is 0 Å². The molecule has 0 atom stereocenters. The zero-order valence-corrected chi connectivity index (χ0v) is 10.5. The summed E-state index contributed by atoms with van der Waals surface area (Å²) in [6, 6.07) is 1.55. The molecule has 6 nitrogen and oxygen atoms in total. The summed E-state index contributed by atoms with van der Waals surface area (Å²) in [4.78, 5) is 24.2. The van der Waals surface area contributed by atoms with Crippen LogP contribution in [0.25, 0.3) is 0 Å². The van der Waals surface area contributed by atoms with Crippen molar-refractivity contribution in [1.29, 1.82) is 0 Å². The Balaban J connectivity index is 2.50. The molecule has 0 saturated heterocycles. The topological polar surface area (TPSA) is 88.6 Å². The first-order chi connectivity index (χ1) is 8.06. The number of nitrogens with two attached hydrogens (primary N) is 1. The fourth-order valence-corrected chi connectivity index (χ4v) is 2.04. The molecule has 2 amide bonds. The molecule has 0 bridgehead atoms. The molecule has 0 saturated carbocycles. The van der Waals surface area contributed by atoms with Crippen LogP contribution in [0.1, 0.15) is 16.1 Å². The number of hydrazine groups is 1. The summed E-state index contributed by atoms with van der Waals surface area (Å²) in [6.45, 7) is 0. The molecule has 1 aromatic heterocycles. The molecule has 1 heterocycles. The number of thioether (sulfide) groups is 1. The third-order valence-electron chi connectivity index (χ3n) is 2.08. The maximum Gasteiger partial charge on any atom is 0.268 e. The zero-order valence-electron chi connectivity index (χ0n) is 9.73. The molecular weight excluding hydrogens is 242 g/mol. The second-order valence-electron chi connectivity index (χ2n) is 3.51. The summed E-state index contributed by atoms with van der Waals surface area (Å²) >= 11 is 1.38. The lowest BCUT2D eigenvalue weighted by Gasteiger charge is -2.09. The Labute approximate surface area is 103 Å². The van der Waals surface area contributed by atoms with E-state index in [-0.39, 0.29) is 5.91 Å². The molecule has 94 valence electrons. The van der Waals surface area contributed by atoms with Crippen molar-refractivity contribution < 1.29 is 14.0 Å². The third-order valence-corrected chi connectivity index (χ3v) is 3.00. The van der Waals surface area contributed by atoms with Gasteiger partial charge in [0.15, 0.2) is 0 Å². The van der Waals surface area contributed by atoms with Crippen molar-refractivity contribution in [3.63, 3.8) is 0 Å². The van der Waals surface area contributed by atoms with Crippen molar-refractivity contribution in [3.8, 4) is 0 Å². The van der Waals surface area contributed by atoms with Gasteiger partial charge < -0.3 is 9.32 Å². The Bertz CT molecular complexity index is 403. The SMILES string of the molecule is CN(C)C(=O)CSCc1occc1C(=O)NN. The second-order valence-corrected chi connectivity index (χ2v) is 4.50. The first-order valence-electron chi connectivity index (χ1n) is 4.91. The highest BCUT2D eigenvalue weighted by molar-refractivity contribution is 7.99. The molecule has 0 radical (unpaired) electrons. The van der Waals surface area contributed by atoms with Crippen LogP contribution in [0.2, 0.25) is 0 Å². The Kier molecular flexibility index (Phi) is 5.05. The first-order valence-corrected chi connectivity index (χ1v) is 6.07. The molecule has 7 heteroatoms. The van der Waals surface area contributed by atoms with Gasteiger partial charge in [-0.1, -0.05) is 0 Å². The Morgan fingerprint density at radius 1 is 1.53 bits per heavy atom. The predicted molar refractivity (Wildman–Crippen MR) is 65.2 cm³/mol. The maximum absolute atomic E-state index is 11.3. The van der Waals surface area contributed by atoms with Gasteiger partial charge in [-0.05, 0) is 6.07 Å². The van der Waals surface area contributed by atoms with Gasteiger partial charge in [-0.3, -0.25) is 15.0 Å². The number of hydrogen-bond acceptors (Lipinski definition) is 5. The molecule has 0 aromatic carbocycles. The molecular formula is C10H15N3O3S. The minimum absolute atomic E-state index is 0.0198. The van der Waals surface area contributed by atoms with Crippen molar-refractivity contribution in [2.45, 2.75) is 5.75 Å². The van der Waals surface area contributed by atoms with Crippen LogP contribution < -0.4 is 11.3 Å². The van der Waals surface area contributed by atoms with Gasteiger partial charge in [0.2, 0.25) is 5.91 Å². The highest BCUT2D eigenvalue weighted by atomic mass is 32.2. The van der Waals surface area contributed by atoms with Gasteiger partial charge in [0.05, 0.1) is 23.3 Å². The third kappa shape index (κ3) is 3.79. The lowest BCUT2D eigenvalue weighted by Crippen LogP contribution is -2.30. The fourth-order valence-electron chi connectivity index (χ4n) is 1.09. The van der Waals surface area contributed by atoms with Crippen LogP contribution in [0.15, 0.2) is 16.7 Å². The van der Waals surface area contributed by atoms with Crippen LogP contribution in [-0.4, -0.2) is 36.6 Å². The van der Waals surface area contributed by atoms with Gasteiger partial charge in [-0.25, -0.2) is 5.84 Å². The van der Waals surface area contributed by atoms with Gasteiger partial charge in [-0.2, -0.15) is 0 Å². The summed E-state index contributed by atoms with van der Waals surface area (Å²) < 4.78 is 5.17. The van der Waals surface area contributed by atoms with Crippen LogP contribution in [0.3, 0.4) is 0 Å². The van der Waals surface area contributed by atoms with E-state index in [0.717, 1.165) is 0 Å². The standard InChI is InChI=1S/C10H15N3O3S/c1-13(2)9(14)6-17-5-8-7(3-4-16-8)10(15)12-11/h3-4H,5-6,11H2,1-2H3,(H,12,15). The van der Waals surface area contributed by atoms with Crippen LogP contribution in [0.5, 0.6) is 0 Å². The molecule has 0 aliphatic carbocycles. The molecule has 1 rings (SSSR count). The van der Waals surface area contributed by atoms with Gasteiger partial charge in [0.25, 0.3) is 5.91 Å². The molecule has 0 unspecified atom stereocenters. The number of carbonyl (C=O) groups excluding carboxylic acids is 2. The van der Waals surface area contributed by atoms with Crippen molar-refractivity contribution in [1.82, 2.24) is 10.3 Å². The molecule has 0 fully saturated rings. The number of rotatable bonds is 5. The van der Waals surface area contributed by atoms with E-state index in [0.29, 0.717) is 22.8 Å². The van der Waals surface area contributed by atoms with Crippen molar-refractivity contribution in [2.75, 3.05) is 19.8 Å². The van der Waals surface area contributed by atoms with Gasteiger partial charge >= 0.3 is 0 Å². The number of nitrogens with zero attached hydrogens (tertiary/aromatic N) is 1.